The molecule has 0 amide bonds. The number of hydrogen-bond acceptors (Lipinski definition) is 5. The fourth-order valence-electron chi connectivity index (χ4n) is 4.59. The molecule has 4 nitrogen and oxygen atoms in total. The van der Waals surface area contributed by atoms with Crippen molar-refractivity contribution in [2.75, 3.05) is 18.0 Å². The number of rotatable bonds is 3. The van der Waals surface area contributed by atoms with E-state index in [4.69, 9.17) is 10.2 Å². The number of allylic oxidation sites excluding steroid dienone is 2. The number of hydrogen-bond donors (Lipinski definition) is 0. The lowest BCUT2D eigenvalue weighted by atomic mass is 9.83. The van der Waals surface area contributed by atoms with E-state index >= 15 is 0 Å². The summed E-state index contributed by atoms with van der Waals surface area (Å²) in [7, 11) is 0. The van der Waals surface area contributed by atoms with E-state index in [-0.39, 0.29) is 0 Å². The highest BCUT2D eigenvalue weighted by Crippen LogP contribution is 2.37. The van der Waals surface area contributed by atoms with Crippen LogP contribution in [0.3, 0.4) is 0 Å². The molecule has 1 atom stereocenters. The van der Waals surface area contributed by atoms with E-state index in [1.165, 1.54) is 54.1 Å². The first-order valence-corrected chi connectivity index (χ1v) is 11.4. The second kappa shape index (κ2) is 7.67. The van der Waals surface area contributed by atoms with Crippen LogP contribution in [-0.4, -0.2) is 23.1 Å². The van der Waals surface area contributed by atoms with Gasteiger partial charge in [0.05, 0.1) is 22.6 Å². The van der Waals surface area contributed by atoms with Gasteiger partial charge in [-0.3, -0.25) is 0 Å². The third-order valence-corrected chi connectivity index (χ3v) is 7.86. The SMILES string of the molecule is N#Cc1ccc(N2CCC(c3nc4c(s3)CCC(=CC3CCC3)CC4)C2)cn1. The molecule has 3 aliphatic rings. The Hall–Kier alpha value is -2.19. The van der Waals surface area contributed by atoms with Gasteiger partial charge in [-0.2, -0.15) is 5.26 Å². The third-order valence-electron chi connectivity index (χ3n) is 6.54. The molecule has 2 aliphatic carbocycles. The van der Waals surface area contributed by atoms with Crippen molar-refractivity contribution in [3.05, 3.63) is 51.3 Å². The molecule has 2 aromatic rings. The molecule has 1 saturated heterocycles. The van der Waals surface area contributed by atoms with Crippen LogP contribution in [0.15, 0.2) is 30.0 Å². The topological polar surface area (TPSA) is 52.8 Å². The molecular weight excluding hydrogens is 364 g/mol. The van der Waals surface area contributed by atoms with Gasteiger partial charge < -0.3 is 4.90 Å². The smallest absolute Gasteiger partial charge is 0.140 e. The summed E-state index contributed by atoms with van der Waals surface area (Å²) < 4.78 is 0. The quantitative estimate of drug-likeness (QED) is 0.546. The summed E-state index contributed by atoms with van der Waals surface area (Å²) in [6, 6.07) is 5.91. The van der Waals surface area contributed by atoms with Crippen LogP contribution in [0, 0.1) is 17.2 Å². The number of aryl methyl sites for hydroxylation is 2. The number of nitriles is 1. The average molecular weight is 391 g/mol. The number of nitrogens with zero attached hydrogens (tertiary/aromatic N) is 4. The molecular formula is C23H26N4S. The Labute approximate surface area is 170 Å². The van der Waals surface area contributed by atoms with Gasteiger partial charge in [0.1, 0.15) is 11.8 Å². The van der Waals surface area contributed by atoms with E-state index in [9.17, 15) is 0 Å². The van der Waals surface area contributed by atoms with Gasteiger partial charge in [-0.25, -0.2) is 9.97 Å². The van der Waals surface area contributed by atoms with Crippen LogP contribution >= 0.6 is 11.3 Å². The minimum atomic E-state index is 0.480. The van der Waals surface area contributed by atoms with Gasteiger partial charge in [-0.05, 0) is 63.0 Å². The van der Waals surface area contributed by atoms with Gasteiger partial charge in [-0.15, -0.1) is 11.3 Å². The number of anilines is 1. The minimum Gasteiger partial charge on any atom is -0.370 e. The lowest BCUT2D eigenvalue weighted by Crippen LogP contribution is -2.19. The number of pyridine rings is 1. The molecule has 2 fully saturated rings. The molecule has 2 aromatic heterocycles. The maximum absolute atomic E-state index is 8.92. The molecule has 28 heavy (non-hydrogen) atoms. The van der Waals surface area contributed by atoms with E-state index in [2.05, 4.69) is 22.0 Å². The fraction of sp³-hybridized carbons (Fsp3) is 0.522. The molecule has 0 radical (unpaired) electrons. The van der Waals surface area contributed by atoms with Crippen molar-refractivity contribution in [1.82, 2.24) is 9.97 Å². The average Bonchev–Trinajstić information content (AvgIpc) is 3.29. The van der Waals surface area contributed by atoms with Crippen LogP contribution < -0.4 is 4.90 Å². The van der Waals surface area contributed by atoms with Gasteiger partial charge in [0.25, 0.3) is 0 Å². The Morgan fingerprint density at radius 2 is 2.04 bits per heavy atom. The highest BCUT2D eigenvalue weighted by molar-refractivity contribution is 7.11. The third kappa shape index (κ3) is 3.58. The van der Waals surface area contributed by atoms with Gasteiger partial charge in [0.2, 0.25) is 0 Å². The van der Waals surface area contributed by atoms with Gasteiger partial charge in [0, 0.05) is 23.9 Å². The van der Waals surface area contributed by atoms with Crippen LogP contribution in [0.5, 0.6) is 0 Å². The standard InChI is InChI=1S/C23H26N4S/c24-13-19-6-7-20(14-25-19)27-11-10-18(15-27)23-26-21-8-4-17(5-9-22(21)28-23)12-16-2-1-3-16/h6-7,12,14,16,18H,1-5,8-11,15H2. The van der Waals surface area contributed by atoms with Crippen LogP contribution in [0.1, 0.15) is 65.7 Å². The predicted molar refractivity (Wildman–Crippen MR) is 113 cm³/mol. The first kappa shape index (κ1) is 17.9. The molecule has 0 bridgehead atoms. The van der Waals surface area contributed by atoms with Gasteiger partial charge in [0.15, 0.2) is 0 Å². The molecule has 1 aliphatic heterocycles. The van der Waals surface area contributed by atoms with Crippen LogP contribution in [-0.2, 0) is 12.8 Å². The predicted octanol–water partition coefficient (Wildman–Crippen LogP) is 5.01. The lowest BCUT2D eigenvalue weighted by Gasteiger charge is -2.23. The van der Waals surface area contributed by atoms with Crippen molar-refractivity contribution >= 4 is 17.0 Å². The highest BCUT2D eigenvalue weighted by Gasteiger charge is 2.28. The first-order valence-electron chi connectivity index (χ1n) is 10.6. The summed E-state index contributed by atoms with van der Waals surface area (Å²) in [5.41, 5.74) is 4.64. The minimum absolute atomic E-state index is 0.480. The van der Waals surface area contributed by atoms with Crippen molar-refractivity contribution in [3.63, 3.8) is 0 Å². The monoisotopic (exact) mass is 390 g/mol. The molecule has 0 N–H and O–H groups in total. The highest BCUT2D eigenvalue weighted by atomic mass is 32.1. The summed E-state index contributed by atoms with van der Waals surface area (Å²) in [6.45, 7) is 2.05. The van der Waals surface area contributed by atoms with Crippen molar-refractivity contribution in [3.8, 4) is 6.07 Å². The van der Waals surface area contributed by atoms with E-state index in [0.717, 1.165) is 37.5 Å². The summed E-state index contributed by atoms with van der Waals surface area (Å²) in [6.07, 6.45) is 14.5. The Kier molecular flexibility index (Phi) is 4.90. The molecule has 5 heteroatoms. The Morgan fingerprint density at radius 3 is 2.79 bits per heavy atom. The van der Waals surface area contributed by atoms with E-state index in [1.807, 2.05) is 29.7 Å². The van der Waals surface area contributed by atoms with Crippen LogP contribution in [0.25, 0.3) is 0 Å². The van der Waals surface area contributed by atoms with Gasteiger partial charge >= 0.3 is 0 Å². The summed E-state index contributed by atoms with van der Waals surface area (Å²) in [5.74, 6) is 1.40. The molecule has 1 saturated carbocycles. The second-order valence-corrected chi connectivity index (χ2v) is 9.50. The molecule has 0 aromatic carbocycles. The largest absolute Gasteiger partial charge is 0.370 e. The maximum Gasteiger partial charge on any atom is 0.140 e. The Balaban J connectivity index is 1.24. The summed E-state index contributed by atoms with van der Waals surface area (Å²) in [5, 5.41) is 10.3. The Morgan fingerprint density at radius 1 is 1.14 bits per heavy atom. The van der Waals surface area contributed by atoms with Crippen molar-refractivity contribution in [2.45, 2.75) is 57.3 Å². The van der Waals surface area contributed by atoms with Crippen LogP contribution in [0.4, 0.5) is 5.69 Å². The normalized spacial score (nSPS) is 23.9. The lowest BCUT2D eigenvalue weighted by molar-refractivity contribution is 0.384. The van der Waals surface area contributed by atoms with Crippen molar-refractivity contribution < 1.29 is 0 Å². The molecule has 1 unspecified atom stereocenters. The van der Waals surface area contributed by atoms with E-state index < -0.39 is 0 Å². The fourth-order valence-corrected chi connectivity index (χ4v) is 5.83. The van der Waals surface area contributed by atoms with Crippen molar-refractivity contribution in [1.29, 1.82) is 5.26 Å². The van der Waals surface area contributed by atoms with E-state index in [0.29, 0.717) is 11.6 Å². The van der Waals surface area contributed by atoms with Crippen molar-refractivity contribution in [2.24, 2.45) is 5.92 Å². The Bertz CT molecular complexity index is 890. The van der Waals surface area contributed by atoms with Gasteiger partial charge in [-0.1, -0.05) is 18.1 Å². The molecule has 144 valence electrons. The first-order chi connectivity index (χ1) is 13.8. The molecule has 5 rings (SSSR count). The van der Waals surface area contributed by atoms with E-state index in [1.54, 1.807) is 5.57 Å². The zero-order valence-corrected chi connectivity index (χ0v) is 17.0. The zero-order chi connectivity index (χ0) is 18.9. The number of aromatic nitrogens is 2. The maximum atomic E-state index is 8.92. The molecule has 3 heterocycles. The molecule has 0 spiro atoms. The number of fused-ring (bicyclic) bond motifs is 1. The number of thiazole rings is 1. The summed E-state index contributed by atoms with van der Waals surface area (Å²) in [4.78, 5) is 13.2. The van der Waals surface area contributed by atoms with Crippen LogP contribution in [0.2, 0.25) is 0 Å². The zero-order valence-electron chi connectivity index (χ0n) is 16.2. The second-order valence-electron chi connectivity index (χ2n) is 8.38. The summed E-state index contributed by atoms with van der Waals surface area (Å²) >= 11 is 1.97.